The molecule has 18 heavy (non-hydrogen) atoms. The van der Waals surface area contributed by atoms with Crippen LogP contribution in [-0.2, 0) is 18.0 Å². The lowest BCUT2D eigenvalue weighted by Crippen LogP contribution is -1.97. The van der Waals surface area contributed by atoms with Gasteiger partial charge < -0.3 is 4.74 Å². The summed E-state index contributed by atoms with van der Waals surface area (Å²) in [6, 6.07) is 6.71. The van der Waals surface area contributed by atoms with E-state index in [0.29, 0.717) is 0 Å². The fourth-order valence-electron chi connectivity index (χ4n) is 4.07. The Morgan fingerprint density at radius 3 is 2.56 bits per heavy atom. The summed E-state index contributed by atoms with van der Waals surface area (Å²) in [6.45, 7) is 1.54. The van der Waals surface area contributed by atoms with Crippen LogP contribution in [0, 0.1) is 17.8 Å². The monoisotopic (exact) mass is 262 g/mol. The molecule has 2 aliphatic carbocycles. The van der Waals surface area contributed by atoms with Crippen LogP contribution in [0.25, 0.3) is 0 Å². The number of ether oxygens (including phenoxy) is 1. The van der Waals surface area contributed by atoms with E-state index in [1.165, 1.54) is 42.4 Å². The van der Waals surface area contributed by atoms with Crippen molar-refractivity contribution in [3.63, 3.8) is 0 Å². The number of fused-ring (bicyclic) bond motifs is 2. The lowest BCUT2D eigenvalue weighted by molar-refractivity contribution is 0.134. The largest absolute Gasteiger partial charge is 0.372 e. The minimum atomic E-state index is 0.226. The molecule has 0 spiro atoms. The summed E-state index contributed by atoms with van der Waals surface area (Å²) < 4.78 is 5.48. The average Bonchev–Trinajstić information content (AvgIpc) is 2.95. The zero-order valence-electron chi connectivity index (χ0n) is 10.6. The molecule has 0 aromatic heterocycles. The van der Waals surface area contributed by atoms with E-state index in [-0.39, 0.29) is 5.38 Å². The quantitative estimate of drug-likeness (QED) is 0.717. The summed E-state index contributed by atoms with van der Waals surface area (Å²) >= 11 is 6.74. The highest BCUT2D eigenvalue weighted by Gasteiger charge is 2.53. The van der Waals surface area contributed by atoms with Gasteiger partial charge >= 0.3 is 0 Å². The maximum atomic E-state index is 6.74. The van der Waals surface area contributed by atoms with Crippen molar-refractivity contribution >= 4 is 11.6 Å². The molecule has 0 radical (unpaired) electrons. The molecule has 0 saturated heterocycles. The Morgan fingerprint density at radius 1 is 1.06 bits per heavy atom. The fraction of sp³-hybridized carbons (Fsp3) is 0.625. The van der Waals surface area contributed by atoms with Crippen LogP contribution in [0.15, 0.2) is 18.2 Å². The number of benzene rings is 1. The standard InChI is InChI=1S/C16H19ClO/c17-16(15-13-3-1-2-4-14(13)15)10-5-6-11-8-18-9-12(11)7-10/h5-7,13-16H,1-4,8-9H2. The van der Waals surface area contributed by atoms with Gasteiger partial charge in [-0.2, -0.15) is 0 Å². The zero-order chi connectivity index (χ0) is 12.1. The van der Waals surface area contributed by atoms with Gasteiger partial charge in [-0.15, -0.1) is 11.6 Å². The first kappa shape index (κ1) is 11.3. The molecule has 1 aromatic carbocycles. The van der Waals surface area contributed by atoms with Gasteiger partial charge in [-0.1, -0.05) is 31.0 Å². The molecule has 1 aliphatic heterocycles. The first-order valence-electron chi connectivity index (χ1n) is 7.18. The highest BCUT2D eigenvalue weighted by atomic mass is 35.5. The van der Waals surface area contributed by atoms with Crippen LogP contribution in [0.1, 0.15) is 47.8 Å². The van der Waals surface area contributed by atoms with Crippen LogP contribution in [0.2, 0.25) is 0 Å². The molecule has 2 saturated carbocycles. The molecule has 1 heterocycles. The van der Waals surface area contributed by atoms with E-state index in [1.54, 1.807) is 0 Å². The summed E-state index contributed by atoms with van der Waals surface area (Å²) in [4.78, 5) is 0. The van der Waals surface area contributed by atoms with Crippen molar-refractivity contribution in [3.05, 3.63) is 34.9 Å². The zero-order valence-corrected chi connectivity index (χ0v) is 11.3. The molecule has 3 aliphatic rings. The molecule has 0 N–H and O–H groups in total. The van der Waals surface area contributed by atoms with Crippen LogP contribution in [0.4, 0.5) is 0 Å². The van der Waals surface area contributed by atoms with Gasteiger partial charge in [0, 0.05) is 0 Å². The summed E-state index contributed by atoms with van der Waals surface area (Å²) in [5.74, 6) is 2.59. The molecule has 4 rings (SSSR count). The smallest absolute Gasteiger partial charge is 0.0725 e. The van der Waals surface area contributed by atoms with E-state index >= 15 is 0 Å². The van der Waals surface area contributed by atoms with Gasteiger partial charge in [0.2, 0.25) is 0 Å². The van der Waals surface area contributed by atoms with E-state index in [4.69, 9.17) is 16.3 Å². The molecule has 1 nitrogen and oxygen atoms in total. The van der Waals surface area contributed by atoms with Gasteiger partial charge in [0.1, 0.15) is 0 Å². The Kier molecular flexibility index (Phi) is 2.67. The Morgan fingerprint density at radius 2 is 1.78 bits per heavy atom. The second-order valence-corrected chi connectivity index (χ2v) is 6.58. The minimum absolute atomic E-state index is 0.226. The summed E-state index contributed by atoms with van der Waals surface area (Å²) in [5.41, 5.74) is 4.01. The predicted octanol–water partition coefficient (Wildman–Crippen LogP) is 4.43. The molecule has 0 amide bonds. The van der Waals surface area contributed by atoms with Crippen molar-refractivity contribution in [2.75, 3.05) is 0 Å². The average molecular weight is 263 g/mol. The first-order valence-corrected chi connectivity index (χ1v) is 7.62. The van der Waals surface area contributed by atoms with Gasteiger partial charge in [0.15, 0.2) is 0 Å². The normalized spacial score (nSPS) is 34.8. The van der Waals surface area contributed by atoms with Crippen molar-refractivity contribution < 1.29 is 4.74 Å². The molecule has 0 bridgehead atoms. The number of hydrogen-bond donors (Lipinski definition) is 0. The highest BCUT2D eigenvalue weighted by Crippen LogP contribution is 2.62. The molecule has 2 heteroatoms. The van der Waals surface area contributed by atoms with Gasteiger partial charge in [-0.05, 0) is 47.3 Å². The lowest BCUT2D eigenvalue weighted by atomic mass is 10.0. The van der Waals surface area contributed by atoms with Crippen molar-refractivity contribution in [2.24, 2.45) is 17.8 Å². The second-order valence-electron chi connectivity index (χ2n) is 6.11. The number of rotatable bonds is 2. The van der Waals surface area contributed by atoms with E-state index < -0.39 is 0 Å². The number of hydrogen-bond acceptors (Lipinski definition) is 1. The van der Waals surface area contributed by atoms with Gasteiger partial charge in [0.25, 0.3) is 0 Å². The molecule has 3 unspecified atom stereocenters. The van der Waals surface area contributed by atoms with Crippen LogP contribution >= 0.6 is 11.6 Å². The fourth-order valence-corrected chi connectivity index (χ4v) is 4.58. The van der Waals surface area contributed by atoms with Crippen LogP contribution in [-0.4, -0.2) is 0 Å². The van der Waals surface area contributed by atoms with Crippen molar-refractivity contribution in [2.45, 2.75) is 44.3 Å². The maximum Gasteiger partial charge on any atom is 0.0725 e. The Hall–Kier alpha value is -0.530. The van der Waals surface area contributed by atoms with E-state index in [2.05, 4.69) is 18.2 Å². The SMILES string of the molecule is ClC(c1ccc2c(c1)COC2)C1C2CCCCC21. The van der Waals surface area contributed by atoms with Crippen LogP contribution in [0.3, 0.4) is 0 Å². The van der Waals surface area contributed by atoms with Gasteiger partial charge in [-0.25, -0.2) is 0 Å². The predicted molar refractivity (Wildman–Crippen MR) is 72.5 cm³/mol. The molecular formula is C16H19ClO. The Labute approximate surface area is 113 Å². The van der Waals surface area contributed by atoms with E-state index in [1.807, 2.05) is 0 Å². The molecule has 2 fully saturated rings. The third-order valence-electron chi connectivity index (χ3n) is 5.12. The first-order chi connectivity index (χ1) is 8.84. The Bertz CT molecular complexity index is 458. The Balaban J connectivity index is 1.56. The molecule has 1 aromatic rings. The number of alkyl halides is 1. The molecule has 96 valence electrons. The van der Waals surface area contributed by atoms with Crippen molar-refractivity contribution in [1.82, 2.24) is 0 Å². The summed E-state index contributed by atoms with van der Waals surface area (Å²) in [5, 5.41) is 0.226. The van der Waals surface area contributed by atoms with E-state index in [9.17, 15) is 0 Å². The van der Waals surface area contributed by atoms with Crippen LogP contribution < -0.4 is 0 Å². The highest BCUT2D eigenvalue weighted by molar-refractivity contribution is 6.21. The second kappa shape index (κ2) is 4.25. The molecule has 3 atom stereocenters. The van der Waals surface area contributed by atoms with Crippen molar-refractivity contribution in [3.8, 4) is 0 Å². The third-order valence-corrected chi connectivity index (χ3v) is 5.67. The lowest BCUT2D eigenvalue weighted by Gasteiger charge is -2.11. The topological polar surface area (TPSA) is 9.23 Å². The summed E-state index contributed by atoms with van der Waals surface area (Å²) in [7, 11) is 0. The third kappa shape index (κ3) is 1.71. The number of halogens is 1. The van der Waals surface area contributed by atoms with Crippen molar-refractivity contribution in [1.29, 1.82) is 0 Å². The molecular weight excluding hydrogens is 244 g/mol. The van der Waals surface area contributed by atoms with Crippen LogP contribution in [0.5, 0.6) is 0 Å². The van der Waals surface area contributed by atoms with E-state index in [0.717, 1.165) is 31.0 Å². The maximum absolute atomic E-state index is 6.74. The minimum Gasteiger partial charge on any atom is -0.372 e. The van der Waals surface area contributed by atoms with Gasteiger partial charge in [-0.3, -0.25) is 0 Å². The van der Waals surface area contributed by atoms with Gasteiger partial charge in [0.05, 0.1) is 18.6 Å². The summed E-state index contributed by atoms with van der Waals surface area (Å²) in [6.07, 6.45) is 5.65.